The molecule has 56 heavy (non-hydrogen) atoms. The van der Waals surface area contributed by atoms with E-state index in [1.54, 1.807) is 0 Å². The molecular weight excluding hydrogens is 693 g/mol. The highest BCUT2D eigenvalue weighted by Crippen LogP contribution is 2.53. The quantitative estimate of drug-likeness (QED) is 0.159. The van der Waals surface area contributed by atoms with Crippen LogP contribution in [0.2, 0.25) is 0 Å². The Labute approximate surface area is 329 Å². The summed E-state index contributed by atoms with van der Waals surface area (Å²) in [6.07, 6.45) is 0. The summed E-state index contributed by atoms with van der Waals surface area (Å²) in [6, 6.07) is 68.4. The fraction of sp³-hybridized carbons (Fsp3) is 0.0545. The molecule has 1 heteroatoms. The summed E-state index contributed by atoms with van der Waals surface area (Å²) < 4.78 is 2.71. The van der Waals surface area contributed by atoms with Gasteiger partial charge < -0.3 is 0 Å². The van der Waals surface area contributed by atoms with E-state index in [2.05, 4.69) is 196 Å². The van der Waals surface area contributed by atoms with Gasteiger partial charge in [-0.3, -0.25) is 0 Å². The molecule has 0 saturated carbocycles. The maximum atomic E-state index is 2.51. The number of hydrogen-bond acceptors (Lipinski definition) is 1. The van der Waals surface area contributed by atoms with Crippen LogP contribution in [0, 0.1) is 0 Å². The number of thiophene rings is 1. The van der Waals surface area contributed by atoms with Crippen LogP contribution in [0.25, 0.3) is 108 Å². The van der Waals surface area contributed by atoms with Gasteiger partial charge in [0.15, 0.2) is 0 Å². The monoisotopic (exact) mass is 728 g/mol. The van der Waals surface area contributed by atoms with Gasteiger partial charge in [0, 0.05) is 25.6 Å². The van der Waals surface area contributed by atoms with E-state index in [9.17, 15) is 0 Å². The Hall–Kier alpha value is -6.54. The molecular formula is C55H36S. The molecule has 1 aromatic heterocycles. The largest absolute Gasteiger partial charge is 0.135 e. The first-order valence-corrected chi connectivity index (χ1v) is 20.4. The number of hydrogen-bond donors (Lipinski definition) is 0. The first kappa shape index (κ1) is 31.8. The minimum absolute atomic E-state index is 0.116. The fourth-order valence-corrected chi connectivity index (χ4v) is 11.0. The molecule has 10 aromatic carbocycles. The number of fused-ring (bicyclic) bond motifs is 11. The van der Waals surface area contributed by atoms with Crippen molar-refractivity contribution in [3.05, 3.63) is 193 Å². The summed E-state index contributed by atoms with van der Waals surface area (Å²) in [4.78, 5) is 0. The van der Waals surface area contributed by atoms with Crippen LogP contribution in [0.15, 0.2) is 182 Å². The maximum absolute atomic E-state index is 2.51. The first-order chi connectivity index (χ1) is 27.5. The summed E-state index contributed by atoms with van der Waals surface area (Å²) in [5, 5.41) is 13.0. The van der Waals surface area contributed by atoms with E-state index in [1.165, 1.54) is 119 Å². The van der Waals surface area contributed by atoms with Gasteiger partial charge in [0.25, 0.3) is 0 Å². The second-order valence-corrected chi connectivity index (χ2v) is 17.1. The molecule has 0 nitrogen and oxygen atoms in total. The highest BCUT2D eigenvalue weighted by Gasteiger charge is 2.36. The van der Waals surface area contributed by atoms with Gasteiger partial charge >= 0.3 is 0 Å². The number of benzene rings is 10. The molecule has 0 atom stereocenters. The van der Waals surface area contributed by atoms with E-state index >= 15 is 0 Å². The Bertz CT molecular complexity index is 3390. The molecule has 1 heterocycles. The van der Waals surface area contributed by atoms with Gasteiger partial charge in [-0.15, -0.1) is 11.3 Å². The molecule has 1 aliphatic rings. The lowest BCUT2D eigenvalue weighted by atomic mass is 9.81. The summed E-state index contributed by atoms with van der Waals surface area (Å²) in [5.41, 5.74) is 12.9. The van der Waals surface area contributed by atoms with E-state index in [4.69, 9.17) is 0 Å². The fourth-order valence-electron chi connectivity index (χ4n) is 9.92. The molecule has 0 amide bonds. The van der Waals surface area contributed by atoms with Crippen LogP contribution < -0.4 is 0 Å². The Morgan fingerprint density at radius 1 is 0.339 bits per heavy atom. The third kappa shape index (κ3) is 4.53. The predicted octanol–water partition coefficient (Wildman–Crippen LogP) is 16.0. The van der Waals surface area contributed by atoms with Gasteiger partial charge in [0.05, 0.1) is 0 Å². The van der Waals surface area contributed by atoms with Crippen LogP contribution >= 0.6 is 11.3 Å². The lowest BCUT2D eigenvalue weighted by Crippen LogP contribution is -2.14. The van der Waals surface area contributed by atoms with Crippen molar-refractivity contribution in [1.29, 1.82) is 0 Å². The first-order valence-electron chi connectivity index (χ1n) is 19.6. The van der Waals surface area contributed by atoms with Gasteiger partial charge in [0.1, 0.15) is 0 Å². The summed E-state index contributed by atoms with van der Waals surface area (Å²) in [7, 11) is 0. The molecule has 0 radical (unpaired) electrons. The van der Waals surface area contributed by atoms with Crippen LogP contribution in [0.1, 0.15) is 25.0 Å². The smallest absolute Gasteiger partial charge is 0.0361 e. The Kier molecular flexibility index (Phi) is 6.66. The highest BCUT2D eigenvalue weighted by molar-refractivity contribution is 7.26. The predicted molar refractivity (Wildman–Crippen MR) is 243 cm³/mol. The second-order valence-electron chi connectivity index (χ2n) is 16.0. The van der Waals surface area contributed by atoms with E-state index in [1.807, 2.05) is 11.3 Å². The van der Waals surface area contributed by atoms with Gasteiger partial charge in [-0.2, -0.15) is 0 Å². The summed E-state index contributed by atoms with van der Waals surface area (Å²) >= 11 is 1.90. The zero-order valence-electron chi connectivity index (χ0n) is 31.2. The van der Waals surface area contributed by atoms with Gasteiger partial charge in [0.2, 0.25) is 0 Å². The molecule has 0 N–H and O–H groups in total. The van der Waals surface area contributed by atoms with E-state index < -0.39 is 0 Å². The van der Waals surface area contributed by atoms with Gasteiger partial charge in [-0.1, -0.05) is 153 Å². The second kappa shape index (κ2) is 11.7. The molecule has 262 valence electrons. The van der Waals surface area contributed by atoms with Crippen molar-refractivity contribution in [3.8, 4) is 44.5 Å². The summed E-state index contributed by atoms with van der Waals surface area (Å²) in [5.74, 6) is 0. The zero-order chi connectivity index (χ0) is 37.1. The topological polar surface area (TPSA) is 0 Å². The molecule has 1 aliphatic carbocycles. The molecule has 0 bridgehead atoms. The van der Waals surface area contributed by atoms with Crippen LogP contribution in [-0.2, 0) is 5.41 Å². The van der Waals surface area contributed by atoms with Crippen molar-refractivity contribution in [3.63, 3.8) is 0 Å². The molecule has 0 spiro atoms. The Morgan fingerprint density at radius 3 is 1.66 bits per heavy atom. The average Bonchev–Trinajstić information content (AvgIpc) is 3.73. The van der Waals surface area contributed by atoms with E-state index in [0.717, 1.165) is 0 Å². The van der Waals surface area contributed by atoms with Crippen molar-refractivity contribution in [1.82, 2.24) is 0 Å². The van der Waals surface area contributed by atoms with Crippen molar-refractivity contribution in [2.24, 2.45) is 0 Å². The Balaban J connectivity index is 1.06. The lowest BCUT2D eigenvalue weighted by Gasteiger charge is -2.22. The van der Waals surface area contributed by atoms with E-state index in [0.29, 0.717) is 0 Å². The molecule has 0 aliphatic heterocycles. The third-order valence-corrected chi connectivity index (χ3v) is 13.7. The third-order valence-electron chi connectivity index (χ3n) is 12.6. The minimum Gasteiger partial charge on any atom is -0.135 e. The SMILES string of the molecule is CC1(C)c2ccc(-c3c4ccccc4c(-c4cccc(-c5ccc6ccccc6c5)c4)c4ccccc34)cc2-c2cc3ccc4sc5ccccc5c4c3cc21. The van der Waals surface area contributed by atoms with Crippen molar-refractivity contribution >= 4 is 74.6 Å². The summed E-state index contributed by atoms with van der Waals surface area (Å²) in [6.45, 7) is 4.81. The lowest BCUT2D eigenvalue weighted by molar-refractivity contribution is 0.661. The van der Waals surface area contributed by atoms with Crippen LogP contribution in [-0.4, -0.2) is 0 Å². The molecule has 0 fully saturated rings. The van der Waals surface area contributed by atoms with Crippen LogP contribution in [0.5, 0.6) is 0 Å². The maximum Gasteiger partial charge on any atom is 0.0361 e. The van der Waals surface area contributed by atoms with Crippen molar-refractivity contribution < 1.29 is 0 Å². The Morgan fingerprint density at radius 2 is 0.911 bits per heavy atom. The standard InChI is InChI=1S/C55H36S/c1-55(2)48-26-24-39(31-46(48)47-30-37-25-27-51-54(45(37)32-49(47)55)44-20-9-10-21-50(44)56-51)53-42-18-7-5-16-40(42)52(41-17-6-8-19-43(41)53)38-15-11-14-35(29-38)36-23-22-33-12-3-4-13-34(33)28-36/h3-32H,1-2H3. The van der Waals surface area contributed by atoms with Gasteiger partial charge in [-0.25, -0.2) is 0 Å². The zero-order valence-corrected chi connectivity index (χ0v) is 32.0. The highest BCUT2D eigenvalue weighted by atomic mass is 32.1. The molecule has 0 saturated heterocycles. The molecule has 12 rings (SSSR count). The van der Waals surface area contributed by atoms with E-state index in [-0.39, 0.29) is 5.41 Å². The van der Waals surface area contributed by atoms with Crippen LogP contribution in [0.4, 0.5) is 0 Å². The normalized spacial score (nSPS) is 13.3. The molecule has 0 unspecified atom stereocenters. The number of rotatable bonds is 3. The molecule has 11 aromatic rings. The minimum atomic E-state index is -0.116. The van der Waals surface area contributed by atoms with Crippen molar-refractivity contribution in [2.45, 2.75) is 19.3 Å². The van der Waals surface area contributed by atoms with Crippen molar-refractivity contribution in [2.75, 3.05) is 0 Å². The average molecular weight is 729 g/mol. The van der Waals surface area contributed by atoms with Crippen LogP contribution in [0.3, 0.4) is 0 Å². The van der Waals surface area contributed by atoms with Gasteiger partial charge in [-0.05, 0) is 141 Å².